The molecule has 0 atom stereocenters. The van der Waals surface area contributed by atoms with Gasteiger partial charge in [-0.2, -0.15) is 0 Å². The molecule has 0 aliphatic heterocycles. The molecule has 2 nitrogen and oxygen atoms in total. The van der Waals surface area contributed by atoms with Crippen molar-refractivity contribution in [3.63, 3.8) is 0 Å². The van der Waals surface area contributed by atoms with Crippen molar-refractivity contribution in [2.24, 2.45) is 0 Å². The molecule has 9 rings (SSSR count). The first-order valence-corrected chi connectivity index (χ1v) is 16.5. The standard InChI is InChI=1S/C46H32O2/c1-29-15-7-8-16-31(29)27-30(2)32-17-5-3-4-6-18-35(34-20-10-9-19-33(32)34)40-28-41-37(44-39-22-12-14-24-43(39)48-46(40)44)25-26-38-36-21-11-13-23-42(36)47-45(38)41/h5-28H,1-4H2/b17-5?,18-6+,31-27-,33-32?,35-34+. The molecule has 1 aliphatic rings. The molecule has 0 bridgehead atoms. The molecule has 6 aromatic carbocycles. The molecule has 0 saturated carbocycles. The zero-order valence-corrected chi connectivity index (χ0v) is 26.5. The number of rotatable bonds is 3. The smallest absolute Gasteiger partial charge is 0.143 e. The average molecular weight is 617 g/mol. The van der Waals surface area contributed by atoms with Crippen molar-refractivity contribution in [1.29, 1.82) is 0 Å². The van der Waals surface area contributed by atoms with Gasteiger partial charge in [-0.05, 0) is 86.2 Å². The Balaban J connectivity index is 1.46. The van der Waals surface area contributed by atoms with Gasteiger partial charge in [-0.3, -0.25) is 0 Å². The Bertz CT molecular complexity index is 2930. The quantitative estimate of drug-likeness (QED) is 0.198. The van der Waals surface area contributed by atoms with Crippen LogP contribution in [0.3, 0.4) is 0 Å². The molecule has 228 valence electrons. The maximum Gasteiger partial charge on any atom is 0.143 e. The zero-order chi connectivity index (χ0) is 32.2. The fourth-order valence-electron chi connectivity index (χ4n) is 7.27. The van der Waals surface area contributed by atoms with Crippen LogP contribution in [0.1, 0.15) is 18.4 Å². The van der Waals surface area contributed by atoms with Crippen molar-refractivity contribution < 1.29 is 8.83 Å². The molecule has 8 aromatic rings. The van der Waals surface area contributed by atoms with Crippen LogP contribution in [-0.4, -0.2) is 0 Å². The van der Waals surface area contributed by atoms with Crippen LogP contribution >= 0.6 is 0 Å². The van der Waals surface area contributed by atoms with Crippen molar-refractivity contribution in [1.82, 2.24) is 0 Å². The Hall–Kier alpha value is -6.12. The van der Waals surface area contributed by atoms with E-state index < -0.39 is 0 Å². The van der Waals surface area contributed by atoms with E-state index in [0.717, 1.165) is 111 Å². The molecule has 2 aromatic heterocycles. The van der Waals surface area contributed by atoms with E-state index in [1.165, 1.54) is 0 Å². The van der Waals surface area contributed by atoms with Gasteiger partial charge < -0.3 is 8.83 Å². The number of benzene rings is 6. The minimum absolute atomic E-state index is 0.869. The van der Waals surface area contributed by atoms with E-state index in [9.17, 15) is 0 Å². The summed E-state index contributed by atoms with van der Waals surface area (Å²) in [6.07, 6.45) is 13.0. The average Bonchev–Trinajstić information content (AvgIpc) is 3.70. The van der Waals surface area contributed by atoms with Crippen molar-refractivity contribution in [2.75, 3.05) is 0 Å². The maximum absolute atomic E-state index is 6.79. The summed E-state index contributed by atoms with van der Waals surface area (Å²) in [6.45, 7) is 8.83. The molecule has 1 aliphatic carbocycles. The lowest BCUT2D eigenvalue weighted by atomic mass is 9.91. The summed E-state index contributed by atoms with van der Waals surface area (Å²) in [6, 6.07) is 40.2. The molecular weight excluding hydrogens is 585 g/mol. The Kier molecular flexibility index (Phi) is 6.62. The monoisotopic (exact) mass is 616 g/mol. The second-order valence-corrected chi connectivity index (χ2v) is 12.5. The Morgan fingerprint density at radius 1 is 0.583 bits per heavy atom. The van der Waals surface area contributed by atoms with E-state index in [1.54, 1.807) is 0 Å². The summed E-state index contributed by atoms with van der Waals surface area (Å²) in [7, 11) is 0. The van der Waals surface area contributed by atoms with Gasteiger partial charge in [0.2, 0.25) is 0 Å². The largest absolute Gasteiger partial charge is 0.455 e. The molecular formula is C46H32O2. The maximum atomic E-state index is 6.79. The summed E-state index contributed by atoms with van der Waals surface area (Å²) < 4.78 is 13.4. The van der Waals surface area contributed by atoms with Gasteiger partial charge >= 0.3 is 0 Å². The molecule has 0 radical (unpaired) electrons. The molecule has 0 unspecified atom stereocenters. The lowest BCUT2D eigenvalue weighted by Crippen LogP contribution is -2.29. The van der Waals surface area contributed by atoms with Crippen molar-refractivity contribution in [3.05, 3.63) is 178 Å². The number of fused-ring (bicyclic) bond motifs is 10. The van der Waals surface area contributed by atoms with Gasteiger partial charge in [0.05, 0.1) is 0 Å². The van der Waals surface area contributed by atoms with Gasteiger partial charge in [0.25, 0.3) is 0 Å². The van der Waals surface area contributed by atoms with Crippen LogP contribution in [0.15, 0.2) is 161 Å². The molecule has 0 N–H and O–H groups in total. The van der Waals surface area contributed by atoms with Crippen LogP contribution in [-0.2, 0) is 0 Å². The van der Waals surface area contributed by atoms with E-state index >= 15 is 0 Å². The Morgan fingerprint density at radius 2 is 1.23 bits per heavy atom. The highest BCUT2D eigenvalue weighted by Crippen LogP contribution is 2.43. The second kappa shape index (κ2) is 11.3. The highest BCUT2D eigenvalue weighted by Gasteiger charge is 2.20. The molecule has 0 amide bonds. The Labute approximate surface area is 277 Å². The molecule has 0 fully saturated rings. The van der Waals surface area contributed by atoms with Crippen LogP contribution in [0.4, 0.5) is 0 Å². The van der Waals surface area contributed by atoms with Gasteiger partial charge in [0.15, 0.2) is 0 Å². The van der Waals surface area contributed by atoms with E-state index in [-0.39, 0.29) is 0 Å². The molecule has 0 saturated heterocycles. The number of hydrogen-bond acceptors (Lipinski definition) is 2. The number of para-hydroxylation sites is 2. The molecule has 2 heteroatoms. The summed E-state index contributed by atoms with van der Waals surface area (Å²) in [5.74, 6) is 0. The van der Waals surface area contributed by atoms with Crippen LogP contribution in [0.25, 0.3) is 78.5 Å². The van der Waals surface area contributed by atoms with E-state index in [1.807, 2.05) is 36.4 Å². The Morgan fingerprint density at radius 3 is 2.06 bits per heavy atom. The first-order valence-electron chi connectivity index (χ1n) is 16.5. The third-order valence-corrected chi connectivity index (χ3v) is 9.58. The molecule has 0 spiro atoms. The SMILES string of the molecule is C=C(/C=c1/ccccc1=C)C1=c2cccc/c2=C(c2cc3c(ccc4c5ccccc5oc43)c3c2oc2ccccc23)/C=C/CCC=C1. The fourth-order valence-corrected chi connectivity index (χ4v) is 7.27. The fraction of sp³-hybridized carbons (Fsp3) is 0.0435. The van der Waals surface area contributed by atoms with Gasteiger partial charge in [-0.1, -0.05) is 128 Å². The lowest BCUT2D eigenvalue weighted by molar-refractivity contribution is 0.667. The third-order valence-electron chi connectivity index (χ3n) is 9.58. The van der Waals surface area contributed by atoms with E-state index in [2.05, 4.69) is 122 Å². The lowest BCUT2D eigenvalue weighted by Gasteiger charge is -2.12. The van der Waals surface area contributed by atoms with Gasteiger partial charge in [0.1, 0.15) is 22.3 Å². The van der Waals surface area contributed by atoms with Crippen molar-refractivity contribution >= 4 is 78.5 Å². The normalized spacial score (nSPS) is 15.9. The number of allylic oxidation sites excluding steroid dienone is 5. The predicted molar refractivity (Wildman–Crippen MR) is 202 cm³/mol. The first-order chi connectivity index (χ1) is 23.7. The molecule has 48 heavy (non-hydrogen) atoms. The van der Waals surface area contributed by atoms with Crippen LogP contribution in [0.5, 0.6) is 0 Å². The molecule has 2 heterocycles. The first kappa shape index (κ1) is 28.1. The number of furan rings is 2. The van der Waals surface area contributed by atoms with Crippen LogP contribution in [0.2, 0.25) is 0 Å². The minimum Gasteiger partial charge on any atom is -0.455 e. The van der Waals surface area contributed by atoms with Gasteiger partial charge in [-0.25, -0.2) is 0 Å². The highest BCUT2D eigenvalue weighted by molar-refractivity contribution is 6.27. The van der Waals surface area contributed by atoms with Gasteiger partial charge in [-0.15, -0.1) is 0 Å². The minimum atomic E-state index is 0.869. The summed E-state index contributed by atoms with van der Waals surface area (Å²) >= 11 is 0. The van der Waals surface area contributed by atoms with Crippen LogP contribution in [0, 0.1) is 0 Å². The predicted octanol–water partition coefficient (Wildman–Crippen LogP) is 9.34. The summed E-state index contributed by atoms with van der Waals surface area (Å²) in [5, 5.41) is 10.9. The summed E-state index contributed by atoms with van der Waals surface area (Å²) in [4.78, 5) is 0. The highest BCUT2D eigenvalue weighted by atomic mass is 16.3. The van der Waals surface area contributed by atoms with E-state index in [4.69, 9.17) is 8.83 Å². The third kappa shape index (κ3) is 4.49. The summed E-state index contributed by atoms with van der Waals surface area (Å²) in [5.41, 5.74) is 7.69. The number of hydrogen-bond donors (Lipinski definition) is 0. The van der Waals surface area contributed by atoms with Crippen molar-refractivity contribution in [2.45, 2.75) is 12.8 Å². The van der Waals surface area contributed by atoms with Crippen LogP contribution < -0.4 is 20.9 Å². The topological polar surface area (TPSA) is 26.3 Å². The van der Waals surface area contributed by atoms with Crippen molar-refractivity contribution in [3.8, 4) is 0 Å². The second-order valence-electron chi connectivity index (χ2n) is 12.5. The van der Waals surface area contributed by atoms with E-state index in [0.29, 0.717) is 0 Å². The zero-order valence-electron chi connectivity index (χ0n) is 26.5. The van der Waals surface area contributed by atoms with Gasteiger partial charge in [0, 0.05) is 32.5 Å².